The summed E-state index contributed by atoms with van der Waals surface area (Å²) in [4.78, 5) is 60.7. The molecule has 2 aliphatic heterocycles. The van der Waals surface area contributed by atoms with Crippen molar-refractivity contribution in [2.45, 2.75) is 96.8 Å². The van der Waals surface area contributed by atoms with Crippen molar-refractivity contribution in [1.29, 1.82) is 0 Å². The summed E-state index contributed by atoms with van der Waals surface area (Å²) < 4.78 is 0. The van der Waals surface area contributed by atoms with E-state index >= 15 is 0 Å². The van der Waals surface area contributed by atoms with Crippen LogP contribution in [-0.4, -0.2) is 59.8 Å². The van der Waals surface area contributed by atoms with Gasteiger partial charge in [-0.1, -0.05) is 51.8 Å². The van der Waals surface area contributed by atoms with Crippen molar-refractivity contribution in [2.75, 3.05) is 25.0 Å². The lowest BCUT2D eigenvalue weighted by molar-refractivity contribution is -0.197. The van der Waals surface area contributed by atoms with Gasteiger partial charge in [-0.3, -0.25) is 14.6 Å². The van der Waals surface area contributed by atoms with Gasteiger partial charge in [0.15, 0.2) is 0 Å². The van der Waals surface area contributed by atoms with Gasteiger partial charge in [0.1, 0.15) is 0 Å². The molecule has 0 aromatic heterocycles. The number of rotatable bonds is 12. The Labute approximate surface area is 294 Å². The van der Waals surface area contributed by atoms with Gasteiger partial charge in [-0.2, -0.15) is 0 Å². The van der Waals surface area contributed by atoms with E-state index in [0.717, 1.165) is 90.6 Å². The van der Waals surface area contributed by atoms with Crippen molar-refractivity contribution >= 4 is 40.7 Å². The van der Waals surface area contributed by atoms with Gasteiger partial charge >= 0.3 is 11.9 Å². The number of aryl methyl sites for hydroxylation is 1. The van der Waals surface area contributed by atoms with Crippen LogP contribution in [0, 0.1) is 0 Å². The molecule has 9 heteroatoms. The number of benzene rings is 2. The minimum absolute atomic E-state index is 0.0779. The lowest BCUT2D eigenvalue weighted by Crippen LogP contribution is -2.32. The topological polar surface area (TPSA) is 117 Å². The number of imide groups is 1. The smallest absolute Gasteiger partial charge is 0.336 e. The van der Waals surface area contributed by atoms with E-state index < -0.39 is 23.8 Å². The molecule has 0 unspecified atom stereocenters. The first-order chi connectivity index (χ1) is 24.0. The highest BCUT2D eigenvalue weighted by Crippen LogP contribution is 2.52. The highest BCUT2D eigenvalue weighted by molar-refractivity contribution is 6.13. The lowest BCUT2D eigenvalue weighted by atomic mass is 9.63. The van der Waals surface area contributed by atoms with Crippen LogP contribution in [-0.2, 0) is 31.1 Å². The zero-order chi connectivity index (χ0) is 35.6. The molecular formula is C41H47N3O6. The number of hydrogen-bond acceptors (Lipinski definition) is 7. The SMILES string of the molecule is CCCCC1=CC2=C(c3ccccc3C(=O)O)c3cc4c(cc3C(C)(C)C2=C/C1=N\CCCCCC(=O)ON1C(=O)CCC1=O)N(C)CCC4. The second-order valence-corrected chi connectivity index (χ2v) is 14.3. The number of aliphatic imine (C=N–C) groups is 1. The number of aromatic carboxylic acids is 1. The summed E-state index contributed by atoms with van der Waals surface area (Å²) in [5.41, 5.74) is 10.8. The normalized spacial score (nSPS) is 18.8. The molecule has 50 heavy (non-hydrogen) atoms. The molecule has 0 atom stereocenters. The van der Waals surface area contributed by atoms with Crippen LogP contribution in [0.4, 0.5) is 5.69 Å². The number of hydroxylamine groups is 2. The summed E-state index contributed by atoms with van der Waals surface area (Å²) in [6.45, 7) is 8.29. The number of anilines is 1. The summed E-state index contributed by atoms with van der Waals surface area (Å²) in [7, 11) is 2.15. The fourth-order valence-electron chi connectivity index (χ4n) is 7.64. The Bertz CT molecular complexity index is 1850. The van der Waals surface area contributed by atoms with Crippen LogP contribution < -0.4 is 4.90 Å². The van der Waals surface area contributed by atoms with E-state index in [1.807, 2.05) is 12.1 Å². The van der Waals surface area contributed by atoms with Gasteiger partial charge in [0.05, 0.1) is 11.3 Å². The largest absolute Gasteiger partial charge is 0.478 e. The number of carbonyl (C=O) groups excluding carboxylic acids is 3. The quantitative estimate of drug-likeness (QED) is 0.182. The summed E-state index contributed by atoms with van der Waals surface area (Å²) in [6, 6.07) is 12.0. The highest BCUT2D eigenvalue weighted by Gasteiger charge is 2.40. The van der Waals surface area contributed by atoms with E-state index in [1.165, 1.54) is 16.8 Å². The molecule has 6 rings (SSSR count). The van der Waals surface area contributed by atoms with Gasteiger partial charge in [0, 0.05) is 50.5 Å². The predicted molar refractivity (Wildman–Crippen MR) is 194 cm³/mol. The monoisotopic (exact) mass is 677 g/mol. The van der Waals surface area contributed by atoms with Crippen LogP contribution in [0.3, 0.4) is 0 Å². The molecule has 2 aliphatic carbocycles. The number of carbonyl (C=O) groups is 4. The molecule has 2 amide bonds. The number of carboxylic acid groups (broad SMARTS) is 1. The minimum Gasteiger partial charge on any atom is -0.478 e. The first-order valence-corrected chi connectivity index (χ1v) is 18.0. The first-order valence-electron chi connectivity index (χ1n) is 18.0. The van der Waals surface area contributed by atoms with Crippen molar-refractivity contribution in [2.24, 2.45) is 4.99 Å². The minimum atomic E-state index is -0.942. The van der Waals surface area contributed by atoms with Crippen LogP contribution >= 0.6 is 0 Å². The first kappa shape index (κ1) is 35.1. The molecule has 0 spiro atoms. The van der Waals surface area contributed by atoms with E-state index in [2.05, 4.69) is 57.0 Å². The maximum absolute atomic E-state index is 12.6. The van der Waals surface area contributed by atoms with Crippen molar-refractivity contribution in [3.63, 3.8) is 0 Å². The average molecular weight is 678 g/mol. The third kappa shape index (κ3) is 6.82. The lowest BCUT2D eigenvalue weighted by Gasteiger charge is -2.42. The van der Waals surface area contributed by atoms with E-state index in [9.17, 15) is 24.3 Å². The molecule has 2 aromatic rings. The number of nitrogens with zero attached hydrogens (tertiary/aromatic N) is 3. The zero-order valence-corrected chi connectivity index (χ0v) is 29.6. The average Bonchev–Trinajstić information content (AvgIpc) is 3.41. The second-order valence-electron chi connectivity index (χ2n) is 14.3. The van der Waals surface area contributed by atoms with Gasteiger partial charge in [0.25, 0.3) is 11.8 Å². The molecule has 0 saturated carbocycles. The van der Waals surface area contributed by atoms with Crippen LogP contribution in [0.2, 0.25) is 0 Å². The van der Waals surface area contributed by atoms with Gasteiger partial charge in [-0.05, 0) is 113 Å². The fourth-order valence-corrected chi connectivity index (χ4v) is 7.64. The summed E-state index contributed by atoms with van der Waals surface area (Å²) in [6.07, 6.45) is 11.8. The van der Waals surface area contributed by atoms with Crippen LogP contribution in [0.5, 0.6) is 0 Å². The molecule has 1 N–H and O–H groups in total. The van der Waals surface area contributed by atoms with E-state index in [-0.39, 0.29) is 24.7 Å². The maximum atomic E-state index is 12.6. The Kier molecular flexibility index (Phi) is 10.2. The number of amides is 2. The van der Waals surface area contributed by atoms with Gasteiger partial charge in [-0.15, -0.1) is 5.06 Å². The number of allylic oxidation sites excluding steroid dienone is 5. The summed E-state index contributed by atoms with van der Waals surface area (Å²) in [5.74, 6) is -2.46. The van der Waals surface area contributed by atoms with Crippen LogP contribution in [0.15, 0.2) is 70.3 Å². The molecular weight excluding hydrogens is 630 g/mol. The molecule has 2 heterocycles. The van der Waals surface area contributed by atoms with Crippen molar-refractivity contribution in [3.8, 4) is 0 Å². The Balaban J connectivity index is 1.33. The van der Waals surface area contributed by atoms with Crippen molar-refractivity contribution in [1.82, 2.24) is 5.06 Å². The Morgan fingerprint density at radius 3 is 2.46 bits per heavy atom. The molecule has 2 aromatic carbocycles. The predicted octanol–water partition coefficient (Wildman–Crippen LogP) is 7.53. The van der Waals surface area contributed by atoms with Crippen molar-refractivity contribution < 1.29 is 29.1 Å². The Hall–Kier alpha value is -4.79. The molecule has 0 bridgehead atoms. The molecule has 1 saturated heterocycles. The third-order valence-electron chi connectivity index (χ3n) is 10.4. The standard InChI is InChI=1S/C41H47N3O6/c1-5-6-13-26-22-30-32(24-34(26)42-20-11-7-8-17-38(47)50-44-36(45)18-19-37(44)46)41(2,3)33-25-35-27(14-12-21-43(35)4)23-31(33)39(30)28-15-9-10-16-29(28)40(48)49/h9-10,15-16,22-25H,5-8,11-14,17-21H2,1-4H3,(H,48,49)/b42-34+. The van der Waals surface area contributed by atoms with Crippen LogP contribution in [0.25, 0.3) is 5.57 Å². The fraction of sp³-hybridized carbons (Fsp3) is 0.439. The van der Waals surface area contributed by atoms with E-state index in [0.29, 0.717) is 23.6 Å². The van der Waals surface area contributed by atoms with Gasteiger partial charge < -0.3 is 14.8 Å². The molecule has 9 nitrogen and oxygen atoms in total. The number of hydrogen-bond donors (Lipinski definition) is 1. The molecule has 262 valence electrons. The van der Waals surface area contributed by atoms with Gasteiger partial charge in [-0.25, -0.2) is 9.59 Å². The molecule has 1 fully saturated rings. The number of carboxylic acids is 1. The summed E-state index contributed by atoms with van der Waals surface area (Å²) in [5, 5.41) is 10.9. The van der Waals surface area contributed by atoms with E-state index in [1.54, 1.807) is 12.1 Å². The third-order valence-corrected chi connectivity index (χ3v) is 10.4. The number of fused-ring (bicyclic) bond motifs is 3. The Morgan fingerprint density at radius 1 is 0.960 bits per heavy atom. The van der Waals surface area contributed by atoms with Crippen molar-refractivity contribution in [3.05, 3.63) is 93.1 Å². The molecule has 4 aliphatic rings. The van der Waals surface area contributed by atoms with Gasteiger partial charge in [0.2, 0.25) is 0 Å². The zero-order valence-electron chi connectivity index (χ0n) is 29.6. The Morgan fingerprint density at radius 2 is 1.72 bits per heavy atom. The van der Waals surface area contributed by atoms with Crippen LogP contribution in [0.1, 0.15) is 118 Å². The second kappa shape index (κ2) is 14.6. The number of unbranched alkanes of at least 4 members (excludes halogenated alkanes) is 3. The molecule has 0 radical (unpaired) electrons. The maximum Gasteiger partial charge on any atom is 0.336 e. The van der Waals surface area contributed by atoms with E-state index in [4.69, 9.17) is 9.83 Å². The summed E-state index contributed by atoms with van der Waals surface area (Å²) >= 11 is 0. The highest BCUT2D eigenvalue weighted by atomic mass is 16.7.